The molecule has 1 atom stereocenters. The van der Waals surface area contributed by atoms with Gasteiger partial charge in [0.05, 0.1) is 18.2 Å². The van der Waals surface area contributed by atoms with Crippen LogP contribution in [0.15, 0.2) is 53.6 Å². The van der Waals surface area contributed by atoms with Gasteiger partial charge in [0.15, 0.2) is 6.61 Å². The lowest BCUT2D eigenvalue weighted by molar-refractivity contribution is -0.384. The molecule has 0 spiro atoms. The van der Waals surface area contributed by atoms with E-state index < -0.39 is 28.7 Å². The van der Waals surface area contributed by atoms with Crippen LogP contribution in [0.2, 0.25) is 0 Å². The highest BCUT2D eigenvalue weighted by Gasteiger charge is 2.25. The van der Waals surface area contributed by atoms with Gasteiger partial charge in [0.25, 0.3) is 17.5 Å². The number of carbonyl (C=O) groups excluding carboxylic acids is 3. The van der Waals surface area contributed by atoms with Crippen molar-refractivity contribution in [2.24, 2.45) is 11.0 Å². The molecule has 0 heterocycles. The molecule has 11 heteroatoms. The number of nitro benzene ring substituents is 1. The summed E-state index contributed by atoms with van der Waals surface area (Å²) in [6, 6.07) is 10.9. The molecular weight excluding hydrogens is 432 g/mol. The van der Waals surface area contributed by atoms with E-state index in [2.05, 4.69) is 20.6 Å². The van der Waals surface area contributed by atoms with Gasteiger partial charge in [-0.2, -0.15) is 5.10 Å². The molecule has 0 aliphatic heterocycles. The number of hydrogen-bond acceptors (Lipinski definition) is 8. The van der Waals surface area contributed by atoms with Gasteiger partial charge in [0.2, 0.25) is 0 Å². The summed E-state index contributed by atoms with van der Waals surface area (Å²) in [6.45, 7) is 3.28. The minimum Gasteiger partial charge on any atom is -0.482 e. The van der Waals surface area contributed by atoms with Gasteiger partial charge in [0, 0.05) is 17.7 Å². The van der Waals surface area contributed by atoms with Gasteiger partial charge >= 0.3 is 5.97 Å². The summed E-state index contributed by atoms with van der Waals surface area (Å²) in [7, 11) is 1.27. The summed E-state index contributed by atoms with van der Waals surface area (Å²) < 4.78 is 9.73. The van der Waals surface area contributed by atoms with Crippen LogP contribution >= 0.6 is 0 Å². The molecule has 2 aromatic rings. The quantitative estimate of drug-likeness (QED) is 0.240. The molecule has 0 radical (unpaired) electrons. The van der Waals surface area contributed by atoms with E-state index in [0.29, 0.717) is 11.3 Å². The summed E-state index contributed by atoms with van der Waals surface area (Å²) in [5.74, 6) is -1.46. The third-order valence-corrected chi connectivity index (χ3v) is 4.41. The summed E-state index contributed by atoms with van der Waals surface area (Å²) in [4.78, 5) is 46.4. The minimum absolute atomic E-state index is 0.0701. The number of nitrogens with zero attached hydrogens (tertiary/aromatic N) is 2. The van der Waals surface area contributed by atoms with Gasteiger partial charge in [-0.3, -0.25) is 19.7 Å². The molecule has 0 fully saturated rings. The molecule has 0 saturated heterocycles. The predicted octanol–water partition coefficient (Wildman–Crippen LogP) is 2.05. The molecule has 174 valence electrons. The molecule has 2 N–H and O–H groups in total. The maximum atomic E-state index is 12.5. The first kappa shape index (κ1) is 25.0. The zero-order chi connectivity index (χ0) is 24.4. The Kier molecular flexibility index (Phi) is 9.04. The van der Waals surface area contributed by atoms with Crippen molar-refractivity contribution in [2.45, 2.75) is 19.9 Å². The topological polar surface area (TPSA) is 149 Å². The first-order valence-corrected chi connectivity index (χ1v) is 9.89. The van der Waals surface area contributed by atoms with Crippen molar-refractivity contribution in [1.82, 2.24) is 10.7 Å². The maximum absolute atomic E-state index is 12.5. The Labute approximate surface area is 189 Å². The largest absolute Gasteiger partial charge is 0.482 e. The summed E-state index contributed by atoms with van der Waals surface area (Å²) in [6.07, 6.45) is 1.40. The van der Waals surface area contributed by atoms with E-state index in [1.807, 2.05) is 0 Å². The number of hydrazone groups is 1. The first-order chi connectivity index (χ1) is 15.7. The van der Waals surface area contributed by atoms with E-state index in [1.54, 1.807) is 38.1 Å². The standard InChI is InChI=1S/C22H24N4O7/c1-14(2)20(24-21(28)16-5-4-6-17(11-16)26(30)31)22(29)25-23-12-15-7-9-18(10-8-15)33-13-19(27)32-3/h4-12,14,20H,13H2,1-3H3,(H,24,28)(H,25,29). The number of rotatable bonds is 10. The molecule has 2 aromatic carbocycles. The number of non-ortho nitro benzene ring substituents is 1. The number of amides is 2. The third-order valence-electron chi connectivity index (χ3n) is 4.41. The number of nitrogens with one attached hydrogen (secondary N) is 2. The number of ether oxygens (including phenoxy) is 2. The highest BCUT2D eigenvalue weighted by molar-refractivity contribution is 5.98. The molecule has 0 saturated carbocycles. The summed E-state index contributed by atoms with van der Waals surface area (Å²) in [5.41, 5.74) is 2.88. The smallest absolute Gasteiger partial charge is 0.343 e. The minimum atomic E-state index is -0.914. The fourth-order valence-corrected chi connectivity index (χ4v) is 2.61. The Morgan fingerprint density at radius 1 is 1.15 bits per heavy atom. The van der Waals surface area contributed by atoms with E-state index in [9.17, 15) is 24.5 Å². The third kappa shape index (κ3) is 7.73. The molecule has 0 aliphatic carbocycles. The Hall–Kier alpha value is -4.28. The van der Waals surface area contributed by atoms with Crippen molar-refractivity contribution in [3.63, 3.8) is 0 Å². The fraction of sp³-hybridized carbons (Fsp3) is 0.273. The van der Waals surface area contributed by atoms with Crippen LogP contribution < -0.4 is 15.5 Å². The van der Waals surface area contributed by atoms with Crippen LogP contribution in [0.25, 0.3) is 0 Å². The van der Waals surface area contributed by atoms with Gasteiger partial charge in [-0.1, -0.05) is 19.9 Å². The van der Waals surface area contributed by atoms with E-state index >= 15 is 0 Å². The van der Waals surface area contributed by atoms with Crippen molar-refractivity contribution in [3.05, 3.63) is 69.8 Å². The zero-order valence-corrected chi connectivity index (χ0v) is 18.3. The number of benzene rings is 2. The Bertz CT molecular complexity index is 1040. The number of hydrogen-bond donors (Lipinski definition) is 2. The van der Waals surface area contributed by atoms with Crippen molar-refractivity contribution >= 4 is 29.7 Å². The predicted molar refractivity (Wildman–Crippen MR) is 119 cm³/mol. The normalized spacial score (nSPS) is 11.6. The number of carbonyl (C=O) groups is 3. The van der Waals surface area contributed by atoms with Crippen LogP contribution in [0, 0.1) is 16.0 Å². The maximum Gasteiger partial charge on any atom is 0.343 e. The fourth-order valence-electron chi connectivity index (χ4n) is 2.61. The average molecular weight is 456 g/mol. The van der Waals surface area contributed by atoms with Crippen molar-refractivity contribution in [3.8, 4) is 5.75 Å². The van der Waals surface area contributed by atoms with Crippen LogP contribution in [0.3, 0.4) is 0 Å². The van der Waals surface area contributed by atoms with Crippen LogP contribution in [0.5, 0.6) is 5.75 Å². The van der Waals surface area contributed by atoms with Crippen LogP contribution in [0.1, 0.15) is 29.8 Å². The molecule has 2 rings (SSSR count). The molecule has 0 aromatic heterocycles. The molecule has 0 aliphatic rings. The molecule has 11 nitrogen and oxygen atoms in total. The first-order valence-electron chi connectivity index (χ1n) is 9.89. The second kappa shape index (κ2) is 11.9. The molecule has 0 bridgehead atoms. The van der Waals surface area contributed by atoms with Gasteiger partial charge in [0.1, 0.15) is 11.8 Å². The lowest BCUT2D eigenvalue weighted by Crippen LogP contribution is -2.48. The Morgan fingerprint density at radius 2 is 1.85 bits per heavy atom. The van der Waals surface area contributed by atoms with Gasteiger partial charge in [-0.15, -0.1) is 0 Å². The lowest BCUT2D eigenvalue weighted by atomic mass is 10.0. The monoisotopic (exact) mass is 456 g/mol. The van der Waals surface area contributed by atoms with Crippen molar-refractivity contribution in [2.75, 3.05) is 13.7 Å². The Balaban J connectivity index is 1.96. The second-order valence-corrected chi connectivity index (χ2v) is 7.17. The van der Waals surface area contributed by atoms with Crippen LogP contribution in [0.4, 0.5) is 5.69 Å². The highest BCUT2D eigenvalue weighted by atomic mass is 16.6. The average Bonchev–Trinajstić information content (AvgIpc) is 2.81. The van der Waals surface area contributed by atoms with Crippen LogP contribution in [-0.2, 0) is 14.3 Å². The molecule has 33 heavy (non-hydrogen) atoms. The molecular formula is C22H24N4O7. The van der Waals surface area contributed by atoms with E-state index in [-0.39, 0.29) is 23.8 Å². The molecule has 1 unspecified atom stereocenters. The number of esters is 1. The number of nitro groups is 1. The van der Waals surface area contributed by atoms with Crippen molar-refractivity contribution in [1.29, 1.82) is 0 Å². The van der Waals surface area contributed by atoms with Gasteiger partial charge < -0.3 is 14.8 Å². The van der Waals surface area contributed by atoms with E-state index in [4.69, 9.17) is 4.74 Å². The molecule has 2 amide bonds. The van der Waals surface area contributed by atoms with Crippen LogP contribution in [-0.4, -0.2) is 48.7 Å². The van der Waals surface area contributed by atoms with Gasteiger partial charge in [-0.25, -0.2) is 10.2 Å². The second-order valence-electron chi connectivity index (χ2n) is 7.17. The number of methoxy groups -OCH3 is 1. The van der Waals surface area contributed by atoms with E-state index in [0.717, 1.165) is 6.07 Å². The lowest BCUT2D eigenvalue weighted by Gasteiger charge is -2.20. The zero-order valence-electron chi connectivity index (χ0n) is 18.3. The van der Waals surface area contributed by atoms with Gasteiger partial charge in [-0.05, 0) is 41.8 Å². The highest BCUT2D eigenvalue weighted by Crippen LogP contribution is 2.14. The van der Waals surface area contributed by atoms with E-state index in [1.165, 1.54) is 31.5 Å². The summed E-state index contributed by atoms with van der Waals surface area (Å²) in [5, 5.41) is 17.4. The SMILES string of the molecule is COC(=O)COc1ccc(C=NNC(=O)C(NC(=O)c2cccc([N+](=O)[O-])c2)C(C)C)cc1. The van der Waals surface area contributed by atoms with Crippen molar-refractivity contribution < 1.29 is 28.8 Å². The Morgan fingerprint density at radius 3 is 2.45 bits per heavy atom. The summed E-state index contributed by atoms with van der Waals surface area (Å²) >= 11 is 0.